The van der Waals surface area contributed by atoms with Crippen LogP contribution in [0.15, 0.2) is 0 Å². The van der Waals surface area contributed by atoms with Gasteiger partial charge in [-0.25, -0.2) is 0 Å². The monoisotopic (exact) mass is 243 g/mol. The lowest BCUT2D eigenvalue weighted by molar-refractivity contribution is 0.488. The average molecular weight is 244 g/mol. The molecule has 2 fully saturated rings. The van der Waals surface area contributed by atoms with Gasteiger partial charge >= 0.3 is 0 Å². The van der Waals surface area contributed by atoms with Crippen molar-refractivity contribution in [3.8, 4) is 0 Å². The van der Waals surface area contributed by atoms with Gasteiger partial charge in [-0.15, -0.1) is 0 Å². The van der Waals surface area contributed by atoms with Gasteiger partial charge in [-0.3, -0.25) is 0 Å². The van der Waals surface area contributed by atoms with E-state index in [1.54, 1.807) is 0 Å². The first-order chi connectivity index (χ1) is 6.88. The summed E-state index contributed by atoms with van der Waals surface area (Å²) >= 11 is 6.70. The van der Waals surface area contributed by atoms with Crippen LogP contribution in [0.1, 0.15) is 64.2 Å². The van der Waals surface area contributed by atoms with Crippen molar-refractivity contribution in [3.05, 3.63) is 0 Å². The molecule has 0 saturated heterocycles. The largest absolute Gasteiger partial charge is 0.0958 e. The second-order valence-electron chi connectivity index (χ2n) is 4.93. The molecule has 0 amide bonds. The fourth-order valence-corrected chi connectivity index (χ4v) is 6.44. The van der Waals surface area contributed by atoms with Crippen LogP contribution in [0.3, 0.4) is 0 Å². The highest BCUT2D eigenvalue weighted by molar-refractivity contribution is 7.85. The Bertz CT molecular complexity index is 147. The Kier molecular flexibility index (Phi) is 6.63. The zero-order valence-electron chi connectivity index (χ0n) is 9.63. The molecule has 15 heavy (non-hydrogen) atoms. The highest BCUT2D eigenvalue weighted by Gasteiger charge is 2.29. The molecule has 0 unspecified atom stereocenters. The van der Waals surface area contributed by atoms with Gasteiger partial charge in [0.15, 0.2) is 0 Å². The summed E-state index contributed by atoms with van der Waals surface area (Å²) in [6, 6.07) is 0. The first-order valence-corrected chi connectivity index (χ1v) is 8.70. The first-order valence-electron chi connectivity index (χ1n) is 6.32. The Balaban J connectivity index is 0.00000112. The predicted molar refractivity (Wildman–Crippen MR) is 72.3 cm³/mol. The average Bonchev–Trinajstić information content (AvgIpc) is 2.30. The van der Waals surface area contributed by atoms with Gasteiger partial charge in [0, 0.05) is 8.41 Å². The quantitative estimate of drug-likeness (QED) is 0.478. The van der Waals surface area contributed by atoms with Crippen LogP contribution in [0.2, 0.25) is 0 Å². The topological polar surface area (TPSA) is 0 Å². The fraction of sp³-hybridized carbons (Fsp3) is 1.00. The van der Waals surface area contributed by atoms with Crippen molar-refractivity contribution in [3.63, 3.8) is 0 Å². The number of rotatable bonds is 2. The fourth-order valence-electron chi connectivity index (χ4n) is 2.95. The standard InChI is InChI=1S/C12H22ClP.B/c13-14(11-7-3-1-4-8-11)12-9-5-2-6-10-12;/h11-12H,1-10H2;. The van der Waals surface area contributed by atoms with Crippen LogP contribution in [0, 0.1) is 0 Å². The third-order valence-electron chi connectivity index (χ3n) is 3.85. The smallest absolute Gasteiger partial charge is 0 e. The Morgan fingerprint density at radius 1 is 0.667 bits per heavy atom. The van der Waals surface area contributed by atoms with Crippen molar-refractivity contribution in [2.45, 2.75) is 75.5 Å². The van der Waals surface area contributed by atoms with Gasteiger partial charge in [-0.2, -0.15) is 0 Å². The molecule has 0 atom stereocenters. The molecule has 0 heterocycles. The summed E-state index contributed by atoms with van der Waals surface area (Å²) in [6.45, 7) is 0. The minimum atomic E-state index is -0.145. The van der Waals surface area contributed by atoms with Gasteiger partial charge in [-0.1, -0.05) is 49.8 Å². The van der Waals surface area contributed by atoms with E-state index in [1.807, 2.05) is 0 Å². The molecule has 2 aliphatic rings. The first kappa shape index (κ1) is 13.8. The van der Waals surface area contributed by atoms with Crippen molar-refractivity contribution in [2.75, 3.05) is 0 Å². The van der Waals surface area contributed by atoms with Crippen molar-refractivity contribution < 1.29 is 0 Å². The second-order valence-corrected chi connectivity index (χ2v) is 8.25. The summed E-state index contributed by atoms with van der Waals surface area (Å²) in [5.41, 5.74) is 1.84. The third-order valence-corrected chi connectivity index (χ3v) is 7.93. The molecule has 3 radical (unpaired) electrons. The van der Waals surface area contributed by atoms with Crippen molar-refractivity contribution in [1.29, 1.82) is 0 Å². The summed E-state index contributed by atoms with van der Waals surface area (Å²) in [6.07, 6.45) is 14.5. The maximum absolute atomic E-state index is 6.70. The van der Waals surface area contributed by atoms with E-state index in [-0.39, 0.29) is 15.7 Å². The molecule has 0 aromatic carbocycles. The Hall–Kier alpha value is 0.785. The lowest BCUT2D eigenvalue weighted by Gasteiger charge is -2.33. The van der Waals surface area contributed by atoms with E-state index in [4.69, 9.17) is 11.2 Å². The third kappa shape index (κ3) is 3.93. The van der Waals surface area contributed by atoms with E-state index in [0.717, 1.165) is 11.3 Å². The molecule has 0 N–H and O–H groups in total. The predicted octanol–water partition coefficient (Wildman–Crippen LogP) is 4.91. The molecule has 0 aliphatic heterocycles. The van der Waals surface area contributed by atoms with E-state index in [9.17, 15) is 0 Å². The van der Waals surface area contributed by atoms with Crippen LogP contribution >= 0.6 is 18.5 Å². The number of halogens is 1. The molecule has 3 heteroatoms. The second kappa shape index (κ2) is 7.18. The molecule has 0 aromatic rings. The molecule has 85 valence electrons. The maximum atomic E-state index is 6.70. The lowest BCUT2D eigenvalue weighted by Crippen LogP contribution is -2.17. The van der Waals surface area contributed by atoms with Gasteiger partial charge in [0.1, 0.15) is 0 Å². The van der Waals surface area contributed by atoms with E-state index < -0.39 is 0 Å². The molecular formula is C12H22BClP. The van der Waals surface area contributed by atoms with Gasteiger partial charge in [0.25, 0.3) is 0 Å². The van der Waals surface area contributed by atoms with Crippen LogP contribution in [-0.4, -0.2) is 19.7 Å². The summed E-state index contributed by atoms with van der Waals surface area (Å²) in [5.74, 6) is 0. The molecule has 0 aromatic heterocycles. The minimum Gasteiger partial charge on any atom is -0.0958 e. The van der Waals surface area contributed by atoms with E-state index >= 15 is 0 Å². The van der Waals surface area contributed by atoms with Crippen molar-refractivity contribution in [2.24, 2.45) is 0 Å². The minimum absolute atomic E-state index is 0. The molecule has 2 aliphatic carbocycles. The molecule has 2 rings (SSSR count). The molecule has 0 spiro atoms. The zero-order chi connectivity index (χ0) is 9.80. The number of hydrogen-bond acceptors (Lipinski definition) is 0. The van der Waals surface area contributed by atoms with Crippen LogP contribution in [-0.2, 0) is 0 Å². The highest BCUT2D eigenvalue weighted by Crippen LogP contribution is 2.59. The van der Waals surface area contributed by atoms with E-state index in [2.05, 4.69) is 0 Å². The van der Waals surface area contributed by atoms with Crippen LogP contribution in [0.5, 0.6) is 0 Å². The van der Waals surface area contributed by atoms with Gasteiger partial charge in [0.2, 0.25) is 0 Å². The van der Waals surface area contributed by atoms with Gasteiger partial charge < -0.3 is 0 Å². The normalized spacial score (nSPS) is 25.2. The van der Waals surface area contributed by atoms with Gasteiger partial charge in [0.05, 0.1) is 0 Å². The summed E-state index contributed by atoms with van der Waals surface area (Å²) in [7, 11) is -0.145. The molecule has 0 nitrogen and oxygen atoms in total. The molecule has 2 saturated carbocycles. The lowest BCUT2D eigenvalue weighted by atomic mass is 10.00. The maximum Gasteiger partial charge on any atom is 0 e. The summed E-state index contributed by atoms with van der Waals surface area (Å²) in [5, 5.41) is 0. The Morgan fingerprint density at radius 3 is 1.33 bits per heavy atom. The Morgan fingerprint density at radius 2 is 1.00 bits per heavy atom. The Labute approximate surface area is 103 Å². The van der Waals surface area contributed by atoms with E-state index in [0.29, 0.717) is 0 Å². The highest BCUT2D eigenvalue weighted by atomic mass is 35.7. The molecule has 0 bridgehead atoms. The van der Waals surface area contributed by atoms with Crippen molar-refractivity contribution in [1.82, 2.24) is 0 Å². The summed E-state index contributed by atoms with van der Waals surface area (Å²) in [4.78, 5) is 0. The van der Waals surface area contributed by atoms with Gasteiger partial charge in [-0.05, 0) is 44.3 Å². The summed E-state index contributed by atoms with van der Waals surface area (Å²) < 4.78 is 0. The van der Waals surface area contributed by atoms with Crippen LogP contribution in [0.25, 0.3) is 0 Å². The number of hydrogen-bond donors (Lipinski definition) is 0. The zero-order valence-corrected chi connectivity index (χ0v) is 11.3. The SMILES string of the molecule is ClP(C1CCCCC1)C1CCCCC1.[B]. The van der Waals surface area contributed by atoms with Crippen LogP contribution < -0.4 is 0 Å². The van der Waals surface area contributed by atoms with Crippen LogP contribution in [0.4, 0.5) is 0 Å². The van der Waals surface area contributed by atoms with E-state index in [1.165, 1.54) is 64.2 Å². The molecular weight excluding hydrogens is 221 g/mol. The van der Waals surface area contributed by atoms with Crippen molar-refractivity contribution >= 4 is 26.9 Å².